The summed E-state index contributed by atoms with van der Waals surface area (Å²) < 4.78 is 37.3. The number of hydrogen-bond acceptors (Lipinski definition) is 4. The van der Waals surface area contributed by atoms with Crippen molar-refractivity contribution in [2.75, 3.05) is 24.6 Å². The Labute approximate surface area is 115 Å². The van der Waals surface area contributed by atoms with E-state index < -0.39 is 20.8 Å². The van der Waals surface area contributed by atoms with E-state index >= 15 is 0 Å². The van der Waals surface area contributed by atoms with Crippen LogP contribution in [-0.4, -0.2) is 41.5 Å². The van der Waals surface area contributed by atoms with Crippen molar-refractivity contribution in [3.8, 4) is 6.07 Å². The van der Waals surface area contributed by atoms with Crippen LogP contribution in [0.4, 0.5) is 0 Å². The van der Waals surface area contributed by atoms with Crippen LogP contribution in [0.1, 0.15) is 5.56 Å². The Morgan fingerprint density at radius 2 is 1.79 bits per heavy atom. The predicted octanol–water partition coefficient (Wildman–Crippen LogP) is 0.506. The van der Waals surface area contributed by atoms with Crippen molar-refractivity contribution in [3.05, 3.63) is 29.8 Å². The molecule has 1 fully saturated rings. The molecule has 1 aliphatic heterocycles. The molecule has 1 aromatic carbocycles. The van der Waals surface area contributed by atoms with Crippen molar-refractivity contribution in [1.29, 1.82) is 5.26 Å². The van der Waals surface area contributed by atoms with Gasteiger partial charge in [0.25, 0.3) is 0 Å². The van der Waals surface area contributed by atoms with Crippen LogP contribution in [0.2, 0.25) is 0 Å². The summed E-state index contributed by atoms with van der Waals surface area (Å²) in [6, 6.07) is 8.36. The van der Waals surface area contributed by atoms with E-state index in [0.717, 1.165) is 5.56 Å². The number of benzene rings is 1. The molecule has 1 aliphatic rings. The average molecular weight is 298 g/mol. The highest BCUT2D eigenvalue weighted by atomic mass is 32.2. The second-order valence-corrected chi connectivity index (χ2v) is 7.87. The van der Waals surface area contributed by atoms with Crippen molar-refractivity contribution in [2.24, 2.45) is 0 Å². The van der Waals surface area contributed by atoms with Crippen LogP contribution < -0.4 is 0 Å². The molecule has 1 saturated heterocycles. The lowest BCUT2D eigenvalue weighted by molar-refractivity contribution is 0.438. The van der Waals surface area contributed by atoms with Gasteiger partial charge in [0.05, 0.1) is 17.4 Å². The number of rotatable bonds is 3. The Morgan fingerprint density at radius 3 is 2.32 bits per heavy atom. The first-order valence-electron chi connectivity index (χ1n) is 5.85. The zero-order chi connectivity index (χ0) is 13.9. The van der Waals surface area contributed by atoms with Gasteiger partial charge in [-0.05, 0) is 17.7 Å². The molecule has 5 nitrogen and oxygen atoms in total. The van der Waals surface area contributed by atoms with Gasteiger partial charge in [-0.1, -0.05) is 12.1 Å². The van der Waals surface area contributed by atoms with Crippen molar-refractivity contribution < 1.29 is 12.6 Å². The van der Waals surface area contributed by atoms with Crippen molar-refractivity contribution in [2.45, 2.75) is 11.3 Å². The average Bonchev–Trinajstić information content (AvgIpc) is 2.40. The first kappa shape index (κ1) is 14.2. The van der Waals surface area contributed by atoms with Crippen LogP contribution >= 0.6 is 0 Å². The summed E-state index contributed by atoms with van der Waals surface area (Å²) in [7, 11) is -4.40. The Bertz CT molecular complexity index is 607. The molecule has 0 radical (unpaired) electrons. The third-order valence-corrected chi connectivity index (χ3v) is 6.17. The fourth-order valence-electron chi connectivity index (χ4n) is 1.88. The van der Waals surface area contributed by atoms with Crippen LogP contribution in [-0.2, 0) is 27.2 Å². The fraction of sp³-hybridized carbons (Fsp3) is 0.417. The largest absolute Gasteiger partial charge is 0.259 e. The molecule has 2 rings (SSSR count). The highest BCUT2D eigenvalue weighted by Gasteiger charge is 2.27. The second kappa shape index (κ2) is 5.82. The SMILES string of the molecule is N#CCc1ccc(S(=O)(=O)N2CCS(=O)CC2)cc1. The van der Waals surface area contributed by atoms with E-state index in [1.807, 2.05) is 6.07 Å². The van der Waals surface area contributed by atoms with E-state index in [2.05, 4.69) is 0 Å². The van der Waals surface area contributed by atoms with E-state index in [4.69, 9.17) is 5.26 Å². The maximum Gasteiger partial charge on any atom is 0.243 e. The first-order chi connectivity index (χ1) is 9.04. The standard InChI is InChI=1S/C12H14N2O3S2/c13-6-5-11-1-3-12(4-2-11)19(16,17)14-7-9-18(15)10-8-14/h1-4H,5,7-10H2. The molecule has 0 atom stereocenters. The summed E-state index contributed by atoms with van der Waals surface area (Å²) in [5.74, 6) is 0.789. The van der Waals surface area contributed by atoms with Gasteiger partial charge < -0.3 is 0 Å². The topological polar surface area (TPSA) is 78.2 Å². The molecular formula is C12H14N2O3S2. The number of nitrogens with zero attached hydrogens (tertiary/aromatic N) is 2. The summed E-state index contributed by atoms with van der Waals surface area (Å²) in [5.41, 5.74) is 0.793. The van der Waals surface area contributed by atoms with Crippen LogP contribution in [0.5, 0.6) is 0 Å². The predicted molar refractivity (Wildman–Crippen MR) is 72.4 cm³/mol. The van der Waals surface area contributed by atoms with Crippen LogP contribution in [0, 0.1) is 11.3 Å². The van der Waals surface area contributed by atoms with Gasteiger partial charge in [0.15, 0.2) is 0 Å². The third kappa shape index (κ3) is 3.21. The van der Waals surface area contributed by atoms with E-state index in [1.54, 1.807) is 12.1 Å². The summed E-state index contributed by atoms with van der Waals surface area (Å²) in [6.07, 6.45) is 0.267. The quantitative estimate of drug-likeness (QED) is 0.814. The molecule has 0 saturated carbocycles. The summed E-state index contributed by atoms with van der Waals surface area (Å²) in [4.78, 5) is 0.224. The van der Waals surface area contributed by atoms with Gasteiger partial charge >= 0.3 is 0 Å². The monoisotopic (exact) mass is 298 g/mol. The Balaban J connectivity index is 2.20. The van der Waals surface area contributed by atoms with E-state index in [0.29, 0.717) is 24.6 Å². The van der Waals surface area contributed by atoms with E-state index in [-0.39, 0.29) is 11.3 Å². The van der Waals surface area contributed by atoms with Crippen LogP contribution in [0.15, 0.2) is 29.2 Å². The molecule has 19 heavy (non-hydrogen) atoms. The molecular weight excluding hydrogens is 284 g/mol. The molecule has 0 unspecified atom stereocenters. The van der Waals surface area contributed by atoms with Gasteiger partial charge in [0.1, 0.15) is 0 Å². The Morgan fingerprint density at radius 1 is 1.21 bits per heavy atom. The third-order valence-electron chi connectivity index (χ3n) is 2.98. The van der Waals surface area contributed by atoms with Gasteiger partial charge in [-0.25, -0.2) is 8.42 Å². The molecule has 0 N–H and O–H groups in total. The number of nitriles is 1. The lowest BCUT2D eigenvalue weighted by atomic mass is 10.2. The van der Waals surface area contributed by atoms with Crippen molar-refractivity contribution >= 4 is 20.8 Å². The summed E-state index contributed by atoms with van der Waals surface area (Å²) in [5, 5.41) is 8.57. The van der Waals surface area contributed by atoms with Gasteiger partial charge in [0.2, 0.25) is 10.0 Å². The molecule has 0 amide bonds. The Kier molecular flexibility index (Phi) is 4.34. The zero-order valence-electron chi connectivity index (χ0n) is 10.3. The highest BCUT2D eigenvalue weighted by molar-refractivity contribution is 7.89. The maximum absolute atomic E-state index is 12.3. The minimum Gasteiger partial charge on any atom is -0.259 e. The summed E-state index contributed by atoms with van der Waals surface area (Å²) >= 11 is 0. The molecule has 7 heteroatoms. The molecule has 0 aliphatic carbocycles. The van der Waals surface area contributed by atoms with Crippen molar-refractivity contribution in [1.82, 2.24) is 4.31 Å². The lowest BCUT2D eigenvalue weighted by Gasteiger charge is -2.25. The fourth-order valence-corrected chi connectivity index (χ4v) is 4.61. The number of sulfonamides is 1. The normalized spacial score (nSPS) is 18.1. The number of hydrogen-bond donors (Lipinski definition) is 0. The molecule has 0 bridgehead atoms. The van der Waals surface area contributed by atoms with Gasteiger partial charge in [-0.3, -0.25) is 4.21 Å². The Hall–Kier alpha value is -1.23. The van der Waals surface area contributed by atoms with E-state index in [9.17, 15) is 12.6 Å². The van der Waals surface area contributed by atoms with Crippen LogP contribution in [0.3, 0.4) is 0 Å². The van der Waals surface area contributed by atoms with Crippen molar-refractivity contribution in [3.63, 3.8) is 0 Å². The summed E-state index contributed by atoms with van der Waals surface area (Å²) in [6.45, 7) is 0.601. The highest BCUT2D eigenvalue weighted by Crippen LogP contribution is 2.18. The zero-order valence-corrected chi connectivity index (χ0v) is 11.9. The first-order valence-corrected chi connectivity index (χ1v) is 8.78. The minimum atomic E-state index is -3.50. The molecule has 0 spiro atoms. The smallest absolute Gasteiger partial charge is 0.243 e. The maximum atomic E-state index is 12.3. The minimum absolute atomic E-state index is 0.224. The molecule has 1 aromatic rings. The van der Waals surface area contributed by atoms with Gasteiger partial charge in [0, 0.05) is 35.4 Å². The molecule has 102 valence electrons. The van der Waals surface area contributed by atoms with Crippen LogP contribution in [0.25, 0.3) is 0 Å². The van der Waals surface area contributed by atoms with Gasteiger partial charge in [-0.15, -0.1) is 0 Å². The lowest BCUT2D eigenvalue weighted by Crippen LogP contribution is -2.41. The van der Waals surface area contributed by atoms with Gasteiger partial charge in [-0.2, -0.15) is 9.57 Å². The second-order valence-electron chi connectivity index (χ2n) is 4.23. The molecule has 1 heterocycles. The van der Waals surface area contributed by atoms with E-state index in [1.165, 1.54) is 16.4 Å². The molecule has 0 aromatic heterocycles.